The second kappa shape index (κ2) is 4.82. The van der Waals surface area contributed by atoms with Crippen molar-refractivity contribution < 1.29 is 18.0 Å². The van der Waals surface area contributed by atoms with E-state index in [1.54, 1.807) is 0 Å². The second-order valence-corrected chi connectivity index (χ2v) is 4.00. The van der Waals surface area contributed by atoms with Crippen molar-refractivity contribution in [2.45, 2.75) is 0 Å². The molecule has 0 heterocycles. The van der Waals surface area contributed by atoms with Gasteiger partial charge in [-0.05, 0) is 35.9 Å². The number of benzene rings is 2. The molecule has 0 N–H and O–H groups in total. The molecule has 0 atom stereocenters. The maximum absolute atomic E-state index is 13.2. The molecule has 2 aromatic rings. The highest BCUT2D eigenvalue weighted by Crippen LogP contribution is 2.31. The fourth-order valence-corrected chi connectivity index (χ4v) is 1.82. The summed E-state index contributed by atoms with van der Waals surface area (Å²) in [5.41, 5.74) is 0.0902. The van der Waals surface area contributed by atoms with E-state index in [2.05, 4.69) is 0 Å². The summed E-state index contributed by atoms with van der Waals surface area (Å²) >= 11 is 5.85. The average molecular weight is 271 g/mol. The molecule has 0 aromatic heterocycles. The summed E-state index contributed by atoms with van der Waals surface area (Å²) in [4.78, 5) is 10.8. The van der Waals surface area contributed by atoms with Crippen molar-refractivity contribution in [1.29, 1.82) is 0 Å². The maximum atomic E-state index is 13.2. The van der Waals surface area contributed by atoms with E-state index in [1.807, 2.05) is 0 Å². The molecule has 0 saturated carbocycles. The number of rotatable bonds is 2. The van der Waals surface area contributed by atoms with Crippen LogP contribution in [0.1, 0.15) is 10.4 Å². The molecule has 2 rings (SSSR count). The number of hydrogen-bond acceptors (Lipinski definition) is 1. The summed E-state index contributed by atoms with van der Waals surface area (Å²) in [5, 5.41) is 0.144. The predicted octanol–water partition coefficient (Wildman–Crippen LogP) is 4.24. The van der Waals surface area contributed by atoms with E-state index >= 15 is 0 Å². The Labute approximate surface area is 106 Å². The maximum Gasteiger partial charge on any atom is 0.159 e. The fraction of sp³-hybridized carbons (Fsp3) is 0. The molecule has 0 saturated heterocycles. The standard InChI is InChI=1S/C13H6ClF3O/c14-11-2-1-8(15)4-10(11)9-5-13(17)12(16)3-7(9)6-18/h1-6H. The average Bonchev–Trinajstić information content (AvgIpc) is 2.35. The summed E-state index contributed by atoms with van der Waals surface area (Å²) in [6.07, 6.45) is 0.360. The number of carbonyl (C=O) groups is 1. The molecule has 5 heteroatoms. The quantitative estimate of drug-likeness (QED) is 0.746. The Morgan fingerprint density at radius 3 is 2.28 bits per heavy atom. The molecule has 0 aliphatic rings. The van der Waals surface area contributed by atoms with Crippen molar-refractivity contribution in [3.8, 4) is 11.1 Å². The van der Waals surface area contributed by atoms with Crippen molar-refractivity contribution in [2.75, 3.05) is 0 Å². The van der Waals surface area contributed by atoms with E-state index in [1.165, 1.54) is 6.07 Å². The van der Waals surface area contributed by atoms with Crippen LogP contribution in [0.5, 0.6) is 0 Å². The summed E-state index contributed by atoms with van der Waals surface area (Å²) in [6.45, 7) is 0. The first kappa shape index (κ1) is 12.6. The summed E-state index contributed by atoms with van der Waals surface area (Å²) in [6, 6.07) is 5.04. The zero-order valence-electron chi connectivity index (χ0n) is 8.88. The van der Waals surface area contributed by atoms with E-state index in [-0.39, 0.29) is 21.7 Å². The van der Waals surface area contributed by atoms with Crippen molar-refractivity contribution in [2.24, 2.45) is 0 Å². The third-order valence-electron chi connectivity index (χ3n) is 2.44. The van der Waals surface area contributed by atoms with Crippen LogP contribution in [0.3, 0.4) is 0 Å². The molecule has 0 unspecified atom stereocenters. The van der Waals surface area contributed by atoms with Gasteiger partial charge in [-0.15, -0.1) is 0 Å². The van der Waals surface area contributed by atoms with Crippen LogP contribution < -0.4 is 0 Å². The first-order chi connectivity index (χ1) is 8.52. The zero-order valence-corrected chi connectivity index (χ0v) is 9.64. The molecular weight excluding hydrogens is 265 g/mol. The second-order valence-electron chi connectivity index (χ2n) is 3.60. The number of halogens is 4. The van der Waals surface area contributed by atoms with Crippen molar-refractivity contribution >= 4 is 17.9 Å². The van der Waals surface area contributed by atoms with Crippen LogP contribution in [-0.2, 0) is 0 Å². The molecular formula is C13H6ClF3O. The van der Waals surface area contributed by atoms with Gasteiger partial charge in [0.15, 0.2) is 17.9 Å². The van der Waals surface area contributed by atoms with Gasteiger partial charge in [-0.2, -0.15) is 0 Å². The Hall–Kier alpha value is -1.81. The van der Waals surface area contributed by atoms with Gasteiger partial charge >= 0.3 is 0 Å². The van der Waals surface area contributed by atoms with Gasteiger partial charge in [0.25, 0.3) is 0 Å². The van der Waals surface area contributed by atoms with Crippen LogP contribution in [0.2, 0.25) is 5.02 Å². The molecule has 92 valence electrons. The monoisotopic (exact) mass is 270 g/mol. The van der Waals surface area contributed by atoms with E-state index in [0.717, 1.165) is 24.3 Å². The van der Waals surface area contributed by atoms with Crippen LogP contribution in [-0.4, -0.2) is 6.29 Å². The van der Waals surface area contributed by atoms with Crippen molar-refractivity contribution in [3.63, 3.8) is 0 Å². The Bertz CT molecular complexity index is 626. The van der Waals surface area contributed by atoms with Gasteiger partial charge < -0.3 is 0 Å². The third-order valence-corrected chi connectivity index (χ3v) is 2.77. The Morgan fingerprint density at radius 1 is 0.944 bits per heavy atom. The highest BCUT2D eigenvalue weighted by molar-refractivity contribution is 6.33. The molecule has 0 fully saturated rings. The van der Waals surface area contributed by atoms with Gasteiger partial charge in [-0.1, -0.05) is 11.6 Å². The Morgan fingerprint density at radius 2 is 1.61 bits per heavy atom. The number of carbonyl (C=O) groups excluding carboxylic acids is 1. The lowest BCUT2D eigenvalue weighted by Crippen LogP contribution is -1.94. The molecule has 2 aromatic carbocycles. The predicted molar refractivity (Wildman–Crippen MR) is 62.1 cm³/mol. The zero-order chi connectivity index (χ0) is 13.3. The van der Waals surface area contributed by atoms with Gasteiger partial charge in [0.05, 0.1) is 0 Å². The van der Waals surface area contributed by atoms with Crippen LogP contribution in [0, 0.1) is 17.5 Å². The van der Waals surface area contributed by atoms with Crippen LogP contribution >= 0.6 is 11.6 Å². The van der Waals surface area contributed by atoms with Gasteiger partial charge in [0.1, 0.15) is 5.82 Å². The van der Waals surface area contributed by atoms with E-state index in [9.17, 15) is 18.0 Å². The topological polar surface area (TPSA) is 17.1 Å². The lowest BCUT2D eigenvalue weighted by atomic mass is 10.00. The highest BCUT2D eigenvalue weighted by Gasteiger charge is 2.14. The first-order valence-electron chi connectivity index (χ1n) is 4.92. The third kappa shape index (κ3) is 2.24. The first-order valence-corrected chi connectivity index (χ1v) is 5.30. The summed E-state index contributed by atoms with van der Waals surface area (Å²) in [7, 11) is 0. The largest absolute Gasteiger partial charge is 0.298 e. The summed E-state index contributed by atoms with van der Waals surface area (Å²) in [5.74, 6) is -2.86. The number of hydrogen-bond donors (Lipinski definition) is 0. The van der Waals surface area contributed by atoms with Crippen molar-refractivity contribution in [3.05, 3.63) is 58.4 Å². The van der Waals surface area contributed by atoms with Gasteiger partial charge in [-0.25, -0.2) is 13.2 Å². The molecule has 18 heavy (non-hydrogen) atoms. The molecule has 0 amide bonds. The van der Waals surface area contributed by atoms with Gasteiger partial charge in [0.2, 0.25) is 0 Å². The normalized spacial score (nSPS) is 10.4. The Balaban J connectivity index is 2.73. The molecule has 0 aliphatic carbocycles. The number of aldehydes is 1. The summed E-state index contributed by atoms with van der Waals surface area (Å²) < 4.78 is 39.3. The SMILES string of the molecule is O=Cc1cc(F)c(F)cc1-c1cc(F)ccc1Cl. The van der Waals surface area contributed by atoms with Crippen LogP contribution in [0.25, 0.3) is 11.1 Å². The molecule has 0 bridgehead atoms. The van der Waals surface area contributed by atoms with E-state index in [4.69, 9.17) is 11.6 Å². The minimum absolute atomic E-state index is 0.0494. The smallest absolute Gasteiger partial charge is 0.159 e. The highest BCUT2D eigenvalue weighted by atomic mass is 35.5. The van der Waals surface area contributed by atoms with E-state index in [0.29, 0.717) is 6.29 Å². The van der Waals surface area contributed by atoms with Crippen LogP contribution in [0.4, 0.5) is 13.2 Å². The van der Waals surface area contributed by atoms with Crippen molar-refractivity contribution in [1.82, 2.24) is 0 Å². The minimum atomic E-state index is -1.15. The van der Waals surface area contributed by atoms with Gasteiger partial charge in [0, 0.05) is 16.1 Å². The molecule has 0 radical (unpaired) electrons. The van der Waals surface area contributed by atoms with Crippen LogP contribution in [0.15, 0.2) is 30.3 Å². The molecule has 1 nitrogen and oxygen atoms in total. The lowest BCUT2D eigenvalue weighted by Gasteiger charge is -2.08. The molecule has 0 spiro atoms. The van der Waals surface area contributed by atoms with E-state index < -0.39 is 17.5 Å². The lowest BCUT2D eigenvalue weighted by molar-refractivity contribution is 0.112. The molecule has 0 aliphatic heterocycles. The minimum Gasteiger partial charge on any atom is -0.298 e. The Kier molecular flexibility index (Phi) is 3.39. The van der Waals surface area contributed by atoms with Gasteiger partial charge in [-0.3, -0.25) is 4.79 Å². The fourth-order valence-electron chi connectivity index (χ4n) is 1.60.